The van der Waals surface area contributed by atoms with Gasteiger partial charge < -0.3 is 20.3 Å². The molecule has 25 heavy (non-hydrogen) atoms. The summed E-state index contributed by atoms with van der Waals surface area (Å²) in [5.74, 6) is 1.66. The average molecular weight is 362 g/mol. The molecular weight excluding hydrogens is 334 g/mol. The second kappa shape index (κ2) is 9.88. The normalized spacial score (nSPS) is 11.3. The number of rotatable bonds is 8. The molecule has 2 rings (SSSR count). The second-order valence-electron chi connectivity index (χ2n) is 5.61. The smallest absolute Gasteiger partial charge is 0.191 e. The first kappa shape index (κ1) is 19.1. The number of aromatic nitrogens is 1. The summed E-state index contributed by atoms with van der Waals surface area (Å²) >= 11 is 1.64. The van der Waals surface area contributed by atoms with E-state index in [0.29, 0.717) is 19.7 Å². The summed E-state index contributed by atoms with van der Waals surface area (Å²) < 4.78 is 5.66. The molecule has 0 bridgehead atoms. The van der Waals surface area contributed by atoms with Crippen LogP contribution >= 0.6 is 11.3 Å². The van der Waals surface area contributed by atoms with E-state index in [1.165, 1.54) is 0 Å². The number of thiazole rings is 1. The minimum Gasteiger partial charge on any atom is -0.494 e. The highest BCUT2D eigenvalue weighted by molar-refractivity contribution is 7.13. The van der Waals surface area contributed by atoms with Crippen LogP contribution in [0.3, 0.4) is 0 Å². The third-order valence-corrected chi connectivity index (χ3v) is 4.44. The Morgan fingerprint density at radius 3 is 2.72 bits per heavy atom. The topological polar surface area (TPSA) is 61.8 Å². The first-order valence-corrected chi connectivity index (χ1v) is 9.36. The molecule has 0 aliphatic rings. The van der Waals surface area contributed by atoms with Crippen molar-refractivity contribution in [3.05, 3.63) is 40.9 Å². The van der Waals surface area contributed by atoms with Crippen LogP contribution in [0.4, 0.5) is 5.13 Å². The minimum absolute atomic E-state index is 0.561. The Balaban J connectivity index is 2.00. The SMILES string of the molecule is CCNC(=NCc1ccccc1OCC)NCc1csc(N(C)C)n1. The van der Waals surface area contributed by atoms with Crippen LogP contribution in [0.25, 0.3) is 0 Å². The monoisotopic (exact) mass is 361 g/mol. The lowest BCUT2D eigenvalue weighted by Crippen LogP contribution is -2.36. The van der Waals surface area contributed by atoms with Gasteiger partial charge in [0.2, 0.25) is 0 Å². The van der Waals surface area contributed by atoms with Gasteiger partial charge in [0.25, 0.3) is 0 Å². The maximum absolute atomic E-state index is 5.66. The van der Waals surface area contributed by atoms with E-state index in [-0.39, 0.29) is 0 Å². The van der Waals surface area contributed by atoms with Gasteiger partial charge in [-0.15, -0.1) is 11.3 Å². The largest absolute Gasteiger partial charge is 0.494 e. The molecular formula is C18H27N5OS. The van der Waals surface area contributed by atoms with Crippen molar-refractivity contribution < 1.29 is 4.74 Å². The number of ether oxygens (including phenoxy) is 1. The molecule has 0 atom stereocenters. The Hall–Kier alpha value is -2.28. The van der Waals surface area contributed by atoms with Gasteiger partial charge in [0.05, 0.1) is 25.4 Å². The van der Waals surface area contributed by atoms with Gasteiger partial charge >= 0.3 is 0 Å². The van der Waals surface area contributed by atoms with Gasteiger partial charge in [0, 0.05) is 31.6 Å². The number of hydrogen-bond acceptors (Lipinski definition) is 5. The highest BCUT2D eigenvalue weighted by Crippen LogP contribution is 2.19. The molecule has 0 unspecified atom stereocenters. The van der Waals surface area contributed by atoms with E-state index in [1.54, 1.807) is 11.3 Å². The number of guanidine groups is 1. The summed E-state index contributed by atoms with van der Waals surface area (Å²) in [5.41, 5.74) is 2.08. The Bertz CT molecular complexity index is 684. The zero-order chi connectivity index (χ0) is 18.1. The first-order chi connectivity index (χ1) is 12.1. The van der Waals surface area contributed by atoms with Crippen LogP contribution in [0.1, 0.15) is 25.1 Å². The molecule has 0 aliphatic carbocycles. The minimum atomic E-state index is 0.561. The highest BCUT2D eigenvalue weighted by Gasteiger charge is 2.06. The van der Waals surface area contributed by atoms with Crippen LogP contribution in [-0.4, -0.2) is 38.2 Å². The zero-order valence-corrected chi connectivity index (χ0v) is 16.2. The molecule has 6 nitrogen and oxygen atoms in total. The van der Waals surface area contributed by atoms with Crippen molar-refractivity contribution >= 4 is 22.4 Å². The maximum Gasteiger partial charge on any atom is 0.191 e. The van der Waals surface area contributed by atoms with E-state index in [9.17, 15) is 0 Å². The van der Waals surface area contributed by atoms with Crippen molar-refractivity contribution in [2.45, 2.75) is 26.9 Å². The Morgan fingerprint density at radius 1 is 1.24 bits per heavy atom. The molecule has 136 valence electrons. The summed E-state index contributed by atoms with van der Waals surface area (Å²) in [6, 6.07) is 8.01. The third kappa shape index (κ3) is 5.94. The lowest BCUT2D eigenvalue weighted by molar-refractivity contribution is 0.336. The summed E-state index contributed by atoms with van der Waals surface area (Å²) in [7, 11) is 3.99. The van der Waals surface area contributed by atoms with Crippen molar-refractivity contribution in [2.75, 3.05) is 32.1 Å². The summed E-state index contributed by atoms with van der Waals surface area (Å²) in [6.07, 6.45) is 0. The van der Waals surface area contributed by atoms with Gasteiger partial charge in [-0.3, -0.25) is 0 Å². The number of benzene rings is 1. The van der Waals surface area contributed by atoms with Gasteiger partial charge in [-0.05, 0) is 19.9 Å². The Morgan fingerprint density at radius 2 is 2.04 bits per heavy atom. The fourth-order valence-electron chi connectivity index (χ4n) is 2.19. The van der Waals surface area contributed by atoms with Crippen LogP contribution in [-0.2, 0) is 13.1 Å². The predicted molar refractivity (Wildman–Crippen MR) is 106 cm³/mol. The number of nitrogens with zero attached hydrogens (tertiary/aromatic N) is 3. The average Bonchev–Trinajstić information content (AvgIpc) is 3.08. The van der Waals surface area contributed by atoms with Crippen LogP contribution < -0.4 is 20.3 Å². The third-order valence-electron chi connectivity index (χ3n) is 3.38. The fraction of sp³-hybridized carbons (Fsp3) is 0.444. The number of anilines is 1. The molecule has 1 aromatic carbocycles. The van der Waals surface area contributed by atoms with Gasteiger partial charge in [-0.2, -0.15) is 0 Å². The van der Waals surface area contributed by atoms with E-state index < -0.39 is 0 Å². The van der Waals surface area contributed by atoms with Crippen molar-refractivity contribution in [3.63, 3.8) is 0 Å². The molecule has 2 aromatic rings. The van der Waals surface area contributed by atoms with Crippen molar-refractivity contribution in [2.24, 2.45) is 4.99 Å². The molecule has 0 spiro atoms. The van der Waals surface area contributed by atoms with E-state index in [2.05, 4.69) is 32.9 Å². The molecule has 7 heteroatoms. The van der Waals surface area contributed by atoms with Gasteiger partial charge in [0.15, 0.2) is 11.1 Å². The number of hydrogen-bond donors (Lipinski definition) is 2. The van der Waals surface area contributed by atoms with E-state index in [1.807, 2.05) is 50.2 Å². The van der Waals surface area contributed by atoms with Crippen LogP contribution in [0.15, 0.2) is 34.6 Å². The maximum atomic E-state index is 5.66. The van der Waals surface area contributed by atoms with Gasteiger partial charge in [-0.25, -0.2) is 9.98 Å². The number of nitrogens with one attached hydrogen (secondary N) is 2. The molecule has 0 saturated heterocycles. The molecule has 0 aliphatic heterocycles. The van der Waals surface area contributed by atoms with Crippen molar-refractivity contribution in [3.8, 4) is 5.75 Å². The quantitative estimate of drug-likeness (QED) is 0.559. The second-order valence-corrected chi connectivity index (χ2v) is 6.44. The highest BCUT2D eigenvalue weighted by atomic mass is 32.1. The molecule has 0 fully saturated rings. The summed E-state index contributed by atoms with van der Waals surface area (Å²) in [5, 5.41) is 9.67. The van der Waals surface area contributed by atoms with Gasteiger partial charge in [0.1, 0.15) is 5.75 Å². The summed E-state index contributed by atoms with van der Waals surface area (Å²) in [4.78, 5) is 11.3. The lowest BCUT2D eigenvalue weighted by atomic mass is 10.2. The van der Waals surface area contributed by atoms with Gasteiger partial charge in [-0.1, -0.05) is 18.2 Å². The first-order valence-electron chi connectivity index (χ1n) is 8.48. The molecule has 1 aromatic heterocycles. The lowest BCUT2D eigenvalue weighted by Gasteiger charge is -2.12. The molecule has 0 saturated carbocycles. The van der Waals surface area contributed by atoms with Crippen molar-refractivity contribution in [1.29, 1.82) is 0 Å². The Labute approximate surface area is 154 Å². The molecule has 0 amide bonds. The number of aliphatic imine (C=N–C) groups is 1. The van der Waals surface area contributed by atoms with Crippen LogP contribution in [0.5, 0.6) is 5.75 Å². The summed E-state index contributed by atoms with van der Waals surface area (Å²) in [6.45, 7) is 6.70. The Kier molecular flexibility index (Phi) is 7.53. The molecule has 1 heterocycles. The number of para-hydroxylation sites is 1. The molecule has 2 N–H and O–H groups in total. The van der Waals surface area contributed by atoms with E-state index in [0.717, 1.165) is 34.6 Å². The van der Waals surface area contributed by atoms with Crippen molar-refractivity contribution in [1.82, 2.24) is 15.6 Å². The predicted octanol–water partition coefficient (Wildman–Crippen LogP) is 2.86. The standard InChI is InChI=1S/C18H27N5OS/c1-5-19-17(21-12-15-13-25-18(22-15)23(3)4)20-11-14-9-7-8-10-16(14)24-6-2/h7-10,13H,5-6,11-12H2,1-4H3,(H2,19,20,21). The van der Waals surface area contributed by atoms with E-state index in [4.69, 9.17) is 4.74 Å². The zero-order valence-electron chi connectivity index (χ0n) is 15.4. The molecule has 0 radical (unpaired) electrons. The van der Waals surface area contributed by atoms with Crippen LogP contribution in [0, 0.1) is 0 Å². The van der Waals surface area contributed by atoms with Crippen LogP contribution in [0.2, 0.25) is 0 Å². The fourth-order valence-corrected chi connectivity index (χ4v) is 2.95. The van der Waals surface area contributed by atoms with E-state index >= 15 is 0 Å².